The number of rotatable bonds is 0. The van der Waals surface area contributed by atoms with Crippen LogP contribution in [-0.2, 0) is 43.3 Å². The SMILES string of the molecule is C.C.CC(C)(C)C(C)(C)C.CC(C)(C)C1CCCCC1.CC(C)(C)c1cc(F)c(O)c(F)c1.CC(C)(C)c1ccc(Cl)cc1.CC(C)(C)c1ccc(F)cc1.CC(C)(C)c1ccc(O)c(Cl)c1.CC(C)(C)c1ccc(O)c(F)c1.CC(C)(C)c1ccc(O)cc1.CC(C)(C)c1ccccc1.Cc1ccc(C(C)(C)C)cc1. The summed E-state index contributed by atoms with van der Waals surface area (Å²) in [7, 11) is 0. The van der Waals surface area contributed by atoms with Crippen LogP contribution in [0.3, 0.4) is 0 Å². The van der Waals surface area contributed by atoms with Gasteiger partial charge >= 0.3 is 0 Å². The Hall–Kier alpha value is -6.74. The second-order valence-electron chi connectivity index (χ2n) is 40.1. The van der Waals surface area contributed by atoms with E-state index in [9.17, 15) is 22.7 Å². The molecular formula is C101H154Cl2F4O4. The topological polar surface area (TPSA) is 80.9 Å². The van der Waals surface area contributed by atoms with Crippen molar-refractivity contribution in [1.29, 1.82) is 0 Å². The third-order valence-corrected chi connectivity index (χ3v) is 19.9. The van der Waals surface area contributed by atoms with Gasteiger partial charge in [0.15, 0.2) is 29.0 Å². The molecule has 10 heteroatoms. The van der Waals surface area contributed by atoms with Gasteiger partial charge < -0.3 is 20.4 Å². The number of aryl methyl sites for hydroxylation is 1. The van der Waals surface area contributed by atoms with Gasteiger partial charge in [0.2, 0.25) is 0 Å². The Morgan fingerprint density at radius 1 is 0.297 bits per heavy atom. The smallest absolute Gasteiger partial charge is 0.187 e. The van der Waals surface area contributed by atoms with Crippen molar-refractivity contribution in [2.45, 2.75) is 326 Å². The Kier molecular flexibility index (Phi) is 44.9. The zero-order valence-electron chi connectivity index (χ0n) is 73.9. The first-order valence-electron chi connectivity index (χ1n) is 38.7. The van der Waals surface area contributed by atoms with Crippen molar-refractivity contribution in [1.82, 2.24) is 0 Å². The molecule has 0 aromatic heterocycles. The van der Waals surface area contributed by atoms with Crippen molar-refractivity contribution in [3.63, 3.8) is 0 Å². The summed E-state index contributed by atoms with van der Waals surface area (Å²) in [5, 5.41) is 37.2. The molecule has 0 unspecified atom stereocenters. The molecule has 1 fully saturated rings. The molecule has 624 valence electrons. The van der Waals surface area contributed by atoms with Crippen molar-refractivity contribution in [3.8, 4) is 23.0 Å². The van der Waals surface area contributed by atoms with Crippen molar-refractivity contribution < 1.29 is 38.0 Å². The molecule has 0 bridgehead atoms. The summed E-state index contributed by atoms with van der Waals surface area (Å²) < 4.78 is 51.1. The first kappa shape index (κ1) is 108. The molecule has 0 spiro atoms. The summed E-state index contributed by atoms with van der Waals surface area (Å²) in [6, 6.07) is 53.4. The molecule has 9 rings (SSSR count). The molecule has 1 saturated carbocycles. The van der Waals surface area contributed by atoms with Gasteiger partial charge in [0, 0.05) is 5.02 Å². The van der Waals surface area contributed by atoms with Crippen molar-refractivity contribution in [3.05, 3.63) is 259 Å². The average Bonchev–Trinajstić information content (AvgIpc) is 0.826. The highest BCUT2D eigenvalue weighted by molar-refractivity contribution is 6.32. The van der Waals surface area contributed by atoms with Crippen LogP contribution in [0.5, 0.6) is 23.0 Å². The number of hydrogen-bond acceptors (Lipinski definition) is 4. The molecule has 8 aromatic carbocycles. The van der Waals surface area contributed by atoms with E-state index in [4.69, 9.17) is 38.5 Å². The van der Waals surface area contributed by atoms with Gasteiger partial charge in [-0.2, -0.15) is 0 Å². The standard InChI is InChI=1S/C11H16.C10H13ClO.C10H13Cl.C10H12F2O.C10H13FO.C10H13F.C10H14O.C10H20.C10H14.C8H18.2CH4/c1-9-5-7-10(8-6-9)11(2,3)4;1-10(2,3)7-4-5-9(12)8(11)6-7;1-10(2,3)8-4-6-9(11)7-5-8;1-10(2,3)6-4-7(11)9(13)8(12)5-6;1-10(2,3)7-4-5-9(12)8(11)6-7;2*1-10(2,3)8-4-6-9(11)7-5-8;2*1-10(2,3)9-7-5-4-6-8-9;1-7(2,3)8(4,5)6;;/h5-8H,1-4H3;4-6,12H,1-3H3;4-7H,1-3H3;4-5,13H,1-3H3;4-6,12H,1-3H3;4-7H,1-3H3;4-7,11H,1-3H3;9H,4-8H2,1-3H3;4-8H,1-3H3;1-6H3;2*1H4. The second kappa shape index (κ2) is 46.0. The van der Waals surface area contributed by atoms with Gasteiger partial charge in [-0.05, 0) is 203 Å². The van der Waals surface area contributed by atoms with Gasteiger partial charge in [-0.15, -0.1) is 0 Å². The largest absolute Gasteiger partial charge is 0.508 e. The van der Waals surface area contributed by atoms with E-state index in [-0.39, 0.29) is 70.1 Å². The summed E-state index contributed by atoms with van der Waals surface area (Å²) >= 11 is 11.5. The van der Waals surface area contributed by atoms with Crippen LogP contribution < -0.4 is 0 Å². The van der Waals surface area contributed by atoms with Gasteiger partial charge in [-0.25, -0.2) is 17.6 Å². The molecule has 0 heterocycles. The molecule has 1 aliphatic carbocycles. The maximum Gasteiger partial charge on any atom is 0.187 e. The number of phenols is 4. The van der Waals surface area contributed by atoms with Gasteiger partial charge in [0.1, 0.15) is 17.3 Å². The third-order valence-electron chi connectivity index (χ3n) is 19.3. The Morgan fingerprint density at radius 3 is 0.865 bits per heavy atom. The first-order valence-corrected chi connectivity index (χ1v) is 39.5. The minimum Gasteiger partial charge on any atom is -0.508 e. The van der Waals surface area contributed by atoms with E-state index in [2.05, 4.69) is 261 Å². The van der Waals surface area contributed by atoms with E-state index in [0.29, 0.717) is 38.0 Å². The van der Waals surface area contributed by atoms with E-state index in [0.717, 1.165) is 34.2 Å². The third kappa shape index (κ3) is 44.5. The normalized spacial score (nSPS) is 12.6. The average molecular weight is 1580 g/mol. The Labute approximate surface area is 687 Å². The highest BCUT2D eigenvalue weighted by Gasteiger charge is 2.28. The van der Waals surface area contributed by atoms with Crippen LogP contribution in [0.25, 0.3) is 0 Å². The summed E-state index contributed by atoms with van der Waals surface area (Å²) in [6.07, 6.45) is 7.38. The lowest BCUT2D eigenvalue weighted by molar-refractivity contribution is 0.157. The van der Waals surface area contributed by atoms with Gasteiger partial charge in [-0.1, -0.05) is 394 Å². The lowest BCUT2D eigenvalue weighted by Crippen LogP contribution is -2.25. The van der Waals surface area contributed by atoms with Crippen LogP contribution in [0.4, 0.5) is 17.6 Å². The molecule has 0 saturated heterocycles. The summed E-state index contributed by atoms with van der Waals surface area (Å²) in [6.45, 7) is 73.5. The zero-order chi connectivity index (χ0) is 85.1. The van der Waals surface area contributed by atoms with Crippen LogP contribution in [0.1, 0.15) is 326 Å². The van der Waals surface area contributed by atoms with E-state index in [1.54, 1.807) is 30.3 Å². The molecule has 0 amide bonds. The highest BCUT2D eigenvalue weighted by Crippen LogP contribution is 2.39. The number of aromatic hydroxyl groups is 4. The number of halogens is 6. The van der Waals surface area contributed by atoms with Crippen molar-refractivity contribution in [2.75, 3.05) is 0 Å². The van der Waals surface area contributed by atoms with Gasteiger partial charge in [0.25, 0.3) is 0 Å². The van der Waals surface area contributed by atoms with Crippen LogP contribution in [0, 0.1) is 52.4 Å². The fourth-order valence-corrected chi connectivity index (χ4v) is 10.1. The maximum atomic E-state index is 12.9. The summed E-state index contributed by atoms with van der Waals surface area (Å²) in [5.41, 5.74) is 12.6. The van der Waals surface area contributed by atoms with E-state index >= 15 is 0 Å². The Morgan fingerprint density at radius 2 is 0.577 bits per heavy atom. The fourth-order valence-electron chi connectivity index (χ4n) is 9.77. The van der Waals surface area contributed by atoms with Crippen LogP contribution >= 0.6 is 23.2 Å². The second-order valence-corrected chi connectivity index (χ2v) is 41.0. The molecule has 8 aromatic rings. The van der Waals surface area contributed by atoms with Gasteiger partial charge in [0.05, 0.1) is 5.02 Å². The minimum absolute atomic E-state index is 0. The maximum absolute atomic E-state index is 12.9. The molecule has 4 N–H and O–H groups in total. The Bertz CT molecular complexity index is 3530. The number of hydrogen-bond donors (Lipinski definition) is 4. The highest BCUT2D eigenvalue weighted by atomic mass is 35.5. The quantitative estimate of drug-likeness (QED) is 0.114. The molecule has 0 aliphatic heterocycles. The summed E-state index contributed by atoms with van der Waals surface area (Å²) in [5.74, 6) is -2.27. The van der Waals surface area contributed by atoms with Crippen LogP contribution in [0.2, 0.25) is 10.0 Å². The number of phenolic OH excluding ortho intramolecular Hbond substituents is 4. The predicted molar refractivity (Wildman–Crippen MR) is 481 cm³/mol. The number of benzene rings is 8. The monoisotopic (exact) mass is 1580 g/mol. The van der Waals surface area contributed by atoms with E-state index < -0.39 is 23.2 Å². The zero-order valence-corrected chi connectivity index (χ0v) is 75.4. The van der Waals surface area contributed by atoms with Gasteiger partial charge in [-0.3, -0.25) is 0 Å². The van der Waals surface area contributed by atoms with E-state index in [1.165, 1.54) is 89.8 Å². The van der Waals surface area contributed by atoms with Crippen molar-refractivity contribution >= 4 is 23.2 Å². The predicted octanol–water partition coefficient (Wildman–Crippen LogP) is 32.8. The lowest BCUT2D eigenvalue weighted by atomic mass is 9.71. The molecule has 111 heavy (non-hydrogen) atoms. The molecular weight excluding hydrogens is 1420 g/mol. The molecule has 1 aliphatic rings. The minimum atomic E-state index is -0.912. The molecule has 4 nitrogen and oxygen atoms in total. The molecule has 0 radical (unpaired) electrons. The fraction of sp³-hybridized carbons (Fsp3) is 0.525. The molecule has 0 atom stereocenters. The van der Waals surface area contributed by atoms with E-state index in [1.807, 2.05) is 84.0 Å². The lowest BCUT2D eigenvalue weighted by Gasteiger charge is -2.34. The van der Waals surface area contributed by atoms with Crippen LogP contribution in [-0.4, -0.2) is 20.4 Å². The van der Waals surface area contributed by atoms with Crippen molar-refractivity contribution in [2.24, 2.45) is 22.2 Å². The first-order chi connectivity index (χ1) is 49.1. The van der Waals surface area contributed by atoms with Crippen LogP contribution in [0.15, 0.2) is 176 Å². The summed E-state index contributed by atoms with van der Waals surface area (Å²) in [4.78, 5) is 0. The Balaban J connectivity index is -0.00000117.